The Hall–Kier alpha value is -1.27. The molecule has 0 amide bonds. The van der Waals surface area contributed by atoms with Crippen LogP contribution in [0, 0.1) is 5.92 Å². The second-order valence-corrected chi connectivity index (χ2v) is 6.98. The van der Waals surface area contributed by atoms with Crippen molar-refractivity contribution in [2.75, 3.05) is 37.1 Å². The van der Waals surface area contributed by atoms with Gasteiger partial charge in [0, 0.05) is 26.0 Å². The Bertz CT molecular complexity index is 537. The van der Waals surface area contributed by atoms with Crippen LogP contribution < -0.4 is 11.1 Å². The minimum Gasteiger partial charge on any atom is -0.397 e. The lowest BCUT2D eigenvalue weighted by Gasteiger charge is -2.12. The van der Waals surface area contributed by atoms with Gasteiger partial charge in [-0.05, 0) is 37.0 Å². The third-order valence-electron chi connectivity index (χ3n) is 3.34. The van der Waals surface area contributed by atoms with E-state index in [9.17, 15) is 8.42 Å². The molecule has 106 valence electrons. The Morgan fingerprint density at radius 2 is 2.26 bits per heavy atom. The Morgan fingerprint density at radius 1 is 1.47 bits per heavy atom. The Morgan fingerprint density at radius 3 is 2.84 bits per heavy atom. The molecule has 6 heteroatoms. The van der Waals surface area contributed by atoms with Crippen LogP contribution in [0.5, 0.6) is 0 Å². The second-order valence-electron chi connectivity index (χ2n) is 4.97. The number of nitrogen functional groups attached to an aromatic ring is 1. The van der Waals surface area contributed by atoms with E-state index in [-0.39, 0.29) is 4.90 Å². The van der Waals surface area contributed by atoms with Crippen molar-refractivity contribution >= 4 is 21.2 Å². The molecule has 19 heavy (non-hydrogen) atoms. The maximum absolute atomic E-state index is 11.4. The summed E-state index contributed by atoms with van der Waals surface area (Å²) in [7, 11) is -3.20. The number of benzene rings is 1. The summed E-state index contributed by atoms with van der Waals surface area (Å²) in [6.07, 6.45) is 3.33. The van der Waals surface area contributed by atoms with E-state index in [4.69, 9.17) is 10.5 Å². The lowest BCUT2D eigenvalue weighted by Crippen LogP contribution is -2.10. The van der Waals surface area contributed by atoms with Crippen LogP contribution in [0.4, 0.5) is 11.4 Å². The Balaban J connectivity index is 1.93. The van der Waals surface area contributed by atoms with Gasteiger partial charge in [0.15, 0.2) is 9.84 Å². The Kier molecular flexibility index (Phi) is 4.31. The van der Waals surface area contributed by atoms with Crippen LogP contribution in [0.3, 0.4) is 0 Å². The fourth-order valence-corrected chi connectivity index (χ4v) is 2.81. The summed E-state index contributed by atoms with van der Waals surface area (Å²) in [5.41, 5.74) is 7.11. The summed E-state index contributed by atoms with van der Waals surface area (Å²) in [4.78, 5) is 0.250. The number of ether oxygens (including phenoxy) is 1. The number of rotatable bonds is 5. The van der Waals surface area contributed by atoms with E-state index in [1.54, 1.807) is 12.1 Å². The van der Waals surface area contributed by atoms with Crippen LogP contribution in [0.25, 0.3) is 0 Å². The molecule has 2 rings (SSSR count). The van der Waals surface area contributed by atoms with Crippen molar-refractivity contribution in [2.45, 2.75) is 17.7 Å². The first-order valence-electron chi connectivity index (χ1n) is 6.38. The third-order valence-corrected chi connectivity index (χ3v) is 4.45. The summed E-state index contributed by atoms with van der Waals surface area (Å²) < 4.78 is 28.1. The number of hydrogen-bond donors (Lipinski definition) is 2. The smallest absolute Gasteiger partial charge is 0.175 e. The van der Waals surface area contributed by atoms with E-state index >= 15 is 0 Å². The highest BCUT2D eigenvalue weighted by Gasteiger charge is 2.15. The molecule has 0 spiro atoms. The molecule has 1 fully saturated rings. The zero-order chi connectivity index (χ0) is 13.9. The van der Waals surface area contributed by atoms with Gasteiger partial charge in [-0.3, -0.25) is 0 Å². The van der Waals surface area contributed by atoms with E-state index in [1.165, 1.54) is 12.3 Å². The first-order valence-corrected chi connectivity index (χ1v) is 8.27. The van der Waals surface area contributed by atoms with Gasteiger partial charge in [-0.25, -0.2) is 8.42 Å². The van der Waals surface area contributed by atoms with Gasteiger partial charge in [0.05, 0.1) is 16.3 Å². The fourth-order valence-electron chi connectivity index (χ4n) is 2.15. The molecule has 1 heterocycles. The number of nitrogens with one attached hydrogen (secondary N) is 1. The second kappa shape index (κ2) is 5.79. The van der Waals surface area contributed by atoms with Crippen LogP contribution in [0.1, 0.15) is 12.8 Å². The monoisotopic (exact) mass is 284 g/mol. The molecule has 0 saturated carbocycles. The zero-order valence-electron chi connectivity index (χ0n) is 11.1. The fraction of sp³-hybridized carbons (Fsp3) is 0.538. The molecule has 1 aliphatic heterocycles. The summed E-state index contributed by atoms with van der Waals surface area (Å²) in [6.45, 7) is 2.51. The van der Waals surface area contributed by atoms with Crippen LogP contribution in [-0.4, -0.2) is 34.4 Å². The van der Waals surface area contributed by atoms with E-state index in [1.807, 2.05) is 0 Å². The molecule has 1 aliphatic rings. The van der Waals surface area contributed by atoms with Crippen molar-refractivity contribution in [3.63, 3.8) is 0 Å². The molecule has 1 aromatic carbocycles. The summed E-state index contributed by atoms with van der Waals surface area (Å²) in [5, 5.41) is 3.24. The lowest BCUT2D eigenvalue weighted by molar-refractivity contribution is 0.185. The molecule has 0 bridgehead atoms. The van der Waals surface area contributed by atoms with E-state index < -0.39 is 9.84 Å². The van der Waals surface area contributed by atoms with Crippen molar-refractivity contribution in [3.05, 3.63) is 18.2 Å². The minimum absolute atomic E-state index is 0.250. The van der Waals surface area contributed by atoms with E-state index in [2.05, 4.69) is 5.32 Å². The molecular weight excluding hydrogens is 264 g/mol. The number of anilines is 2. The molecule has 5 nitrogen and oxygen atoms in total. The molecule has 1 atom stereocenters. The van der Waals surface area contributed by atoms with E-state index in [0.29, 0.717) is 11.6 Å². The van der Waals surface area contributed by atoms with Gasteiger partial charge in [0.25, 0.3) is 0 Å². The van der Waals surface area contributed by atoms with Crippen molar-refractivity contribution in [1.29, 1.82) is 0 Å². The van der Waals surface area contributed by atoms with Gasteiger partial charge in [0.2, 0.25) is 0 Å². The number of nitrogens with two attached hydrogens (primary N) is 1. The van der Waals surface area contributed by atoms with E-state index in [0.717, 1.165) is 38.3 Å². The first kappa shape index (κ1) is 14.1. The molecule has 0 aromatic heterocycles. The van der Waals surface area contributed by atoms with Gasteiger partial charge in [0.1, 0.15) is 0 Å². The summed E-state index contributed by atoms with van der Waals surface area (Å²) >= 11 is 0. The standard InChI is InChI=1S/C13H20N2O3S/c1-19(16,17)11-2-3-13(12(14)8-11)15-6-4-10-5-7-18-9-10/h2-3,8,10,15H,4-7,9,14H2,1H3. The van der Waals surface area contributed by atoms with Gasteiger partial charge >= 0.3 is 0 Å². The van der Waals surface area contributed by atoms with Crippen LogP contribution >= 0.6 is 0 Å². The van der Waals surface area contributed by atoms with Crippen LogP contribution in [-0.2, 0) is 14.6 Å². The predicted molar refractivity (Wildman–Crippen MR) is 76.0 cm³/mol. The molecule has 0 radical (unpaired) electrons. The molecule has 3 N–H and O–H groups in total. The highest BCUT2D eigenvalue weighted by molar-refractivity contribution is 7.90. The molecule has 0 aliphatic carbocycles. The SMILES string of the molecule is CS(=O)(=O)c1ccc(NCCC2CCOC2)c(N)c1. The molecule has 1 aromatic rings. The minimum atomic E-state index is -3.20. The maximum Gasteiger partial charge on any atom is 0.175 e. The Labute approximate surface area is 114 Å². The third kappa shape index (κ3) is 3.84. The maximum atomic E-state index is 11.4. The highest BCUT2D eigenvalue weighted by atomic mass is 32.2. The average molecular weight is 284 g/mol. The largest absolute Gasteiger partial charge is 0.397 e. The number of sulfone groups is 1. The lowest BCUT2D eigenvalue weighted by atomic mass is 10.1. The van der Waals surface area contributed by atoms with Crippen LogP contribution in [0.15, 0.2) is 23.1 Å². The van der Waals surface area contributed by atoms with Gasteiger partial charge in [-0.2, -0.15) is 0 Å². The van der Waals surface area contributed by atoms with Crippen molar-refractivity contribution < 1.29 is 13.2 Å². The first-order chi connectivity index (χ1) is 8.97. The normalized spacial score (nSPS) is 19.5. The summed E-state index contributed by atoms with van der Waals surface area (Å²) in [6, 6.07) is 4.79. The van der Waals surface area contributed by atoms with Crippen molar-refractivity contribution in [1.82, 2.24) is 0 Å². The highest BCUT2D eigenvalue weighted by Crippen LogP contribution is 2.23. The zero-order valence-corrected chi connectivity index (χ0v) is 11.9. The van der Waals surface area contributed by atoms with Gasteiger partial charge < -0.3 is 15.8 Å². The quantitative estimate of drug-likeness (QED) is 0.801. The van der Waals surface area contributed by atoms with Crippen LogP contribution in [0.2, 0.25) is 0 Å². The van der Waals surface area contributed by atoms with Gasteiger partial charge in [-0.15, -0.1) is 0 Å². The average Bonchev–Trinajstić information content (AvgIpc) is 2.83. The number of hydrogen-bond acceptors (Lipinski definition) is 5. The topological polar surface area (TPSA) is 81.4 Å². The van der Waals surface area contributed by atoms with Crippen molar-refractivity contribution in [3.8, 4) is 0 Å². The van der Waals surface area contributed by atoms with Gasteiger partial charge in [-0.1, -0.05) is 0 Å². The van der Waals surface area contributed by atoms with Crippen molar-refractivity contribution in [2.24, 2.45) is 5.92 Å². The molecule has 1 unspecified atom stereocenters. The molecule has 1 saturated heterocycles. The molecular formula is C13H20N2O3S. The summed E-state index contributed by atoms with van der Waals surface area (Å²) in [5.74, 6) is 0.615. The predicted octanol–water partition coefficient (Wildman–Crippen LogP) is 1.51.